The molecule has 0 atom stereocenters. The fraction of sp³-hybridized carbons (Fsp3) is 0.200. The highest BCUT2D eigenvalue weighted by molar-refractivity contribution is 9.10. The topological polar surface area (TPSA) is 34.4 Å². The van der Waals surface area contributed by atoms with Gasteiger partial charge in [-0.25, -0.2) is 0 Å². The van der Waals surface area contributed by atoms with E-state index in [0.29, 0.717) is 4.88 Å². The zero-order valence-electron chi connectivity index (χ0n) is 11.4. The van der Waals surface area contributed by atoms with Crippen molar-refractivity contribution in [2.45, 2.75) is 19.9 Å². The van der Waals surface area contributed by atoms with Crippen molar-refractivity contribution >= 4 is 54.7 Å². The number of rotatable bonds is 3. The minimum atomic E-state index is -0.166. The maximum Gasteiger partial charge on any atom is 0.289 e. The van der Waals surface area contributed by atoms with Crippen molar-refractivity contribution in [3.63, 3.8) is 0 Å². The number of carbonyl (C=O) groups excluding carboxylic acids is 1. The smallest absolute Gasteiger partial charge is 0.289 e. The van der Waals surface area contributed by atoms with Gasteiger partial charge >= 0.3 is 0 Å². The van der Waals surface area contributed by atoms with E-state index in [0.717, 1.165) is 32.5 Å². The van der Waals surface area contributed by atoms with Crippen molar-refractivity contribution in [2.24, 2.45) is 4.99 Å². The van der Waals surface area contributed by atoms with Gasteiger partial charge < -0.3 is 4.57 Å². The second-order valence-corrected chi connectivity index (χ2v) is 7.42. The number of nitrogens with zero attached hydrogens (tertiary/aromatic N) is 2. The second-order valence-electron chi connectivity index (χ2n) is 4.54. The molecule has 0 saturated heterocycles. The highest BCUT2D eigenvalue weighted by Gasteiger charge is 2.09. The Balaban J connectivity index is 2.16. The number of hydrogen-bond acceptors (Lipinski definition) is 3. The molecule has 6 heteroatoms. The van der Waals surface area contributed by atoms with Gasteiger partial charge in [-0.1, -0.05) is 40.3 Å². The summed E-state index contributed by atoms with van der Waals surface area (Å²) in [4.78, 5) is 18.0. The average Bonchev–Trinajstić information content (AvgIpc) is 3.08. The summed E-state index contributed by atoms with van der Waals surface area (Å²) in [5, 5.41) is 1.89. The summed E-state index contributed by atoms with van der Waals surface area (Å²) in [6.07, 6.45) is 1.00. The van der Waals surface area contributed by atoms with Crippen LogP contribution in [0, 0.1) is 0 Å². The molecule has 1 amide bonds. The summed E-state index contributed by atoms with van der Waals surface area (Å²) < 4.78 is 4.30. The quantitative estimate of drug-likeness (QED) is 0.649. The van der Waals surface area contributed by atoms with E-state index in [2.05, 4.69) is 44.5 Å². The molecule has 0 spiro atoms. The van der Waals surface area contributed by atoms with Crippen LogP contribution in [0.5, 0.6) is 0 Å². The Bertz CT molecular complexity index is 846. The summed E-state index contributed by atoms with van der Waals surface area (Å²) >= 11 is 6.47. The molecule has 3 aromatic rings. The lowest BCUT2D eigenvalue weighted by molar-refractivity contribution is 0.100. The Labute approximate surface area is 138 Å². The zero-order chi connectivity index (χ0) is 14.8. The minimum absolute atomic E-state index is 0.166. The third-order valence-corrected chi connectivity index (χ3v) is 5.41. The summed E-state index contributed by atoms with van der Waals surface area (Å²) in [5.41, 5.74) is 1.13. The number of amides is 1. The molecule has 1 aromatic carbocycles. The number of thiazole rings is 1. The molecule has 2 heterocycles. The normalized spacial score (nSPS) is 12.2. The predicted molar refractivity (Wildman–Crippen MR) is 92.0 cm³/mol. The molecule has 0 radical (unpaired) electrons. The number of carbonyl (C=O) groups is 1. The van der Waals surface area contributed by atoms with Crippen LogP contribution in [-0.4, -0.2) is 10.5 Å². The number of thiophene rings is 1. The molecule has 3 rings (SSSR count). The number of hydrogen-bond donors (Lipinski definition) is 0. The Kier molecular flexibility index (Phi) is 4.37. The van der Waals surface area contributed by atoms with Gasteiger partial charge in [-0.05, 0) is 36.1 Å². The lowest BCUT2D eigenvalue weighted by Crippen LogP contribution is -2.16. The van der Waals surface area contributed by atoms with Gasteiger partial charge in [0.2, 0.25) is 0 Å². The molecule has 0 unspecified atom stereocenters. The van der Waals surface area contributed by atoms with E-state index in [1.165, 1.54) is 11.3 Å². The molecular formula is C15H13BrN2OS2. The third-order valence-electron chi connectivity index (χ3n) is 3.02. The van der Waals surface area contributed by atoms with Crippen LogP contribution < -0.4 is 4.80 Å². The van der Waals surface area contributed by atoms with Crippen molar-refractivity contribution < 1.29 is 4.79 Å². The molecule has 0 aliphatic carbocycles. The van der Waals surface area contributed by atoms with E-state index in [-0.39, 0.29) is 5.91 Å². The van der Waals surface area contributed by atoms with Gasteiger partial charge in [-0.2, -0.15) is 4.99 Å². The molecule has 108 valence electrons. The molecule has 0 fully saturated rings. The Hall–Kier alpha value is -1.24. The van der Waals surface area contributed by atoms with Gasteiger partial charge in [0.05, 0.1) is 15.1 Å². The lowest BCUT2D eigenvalue weighted by Gasteiger charge is -2.02. The third kappa shape index (κ3) is 3.02. The van der Waals surface area contributed by atoms with Crippen LogP contribution in [-0.2, 0) is 6.54 Å². The van der Waals surface area contributed by atoms with E-state index in [1.807, 2.05) is 23.6 Å². The predicted octanol–water partition coefficient (Wildman–Crippen LogP) is 4.68. The monoisotopic (exact) mass is 380 g/mol. The van der Waals surface area contributed by atoms with Gasteiger partial charge in [0.25, 0.3) is 5.91 Å². The number of aromatic nitrogens is 1. The van der Waals surface area contributed by atoms with Gasteiger partial charge in [-0.3, -0.25) is 4.79 Å². The fourth-order valence-electron chi connectivity index (χ4n) is 2.11. The minimum Gasteiger partial charge on any atom is -0.316 e. The van der Waals surface area contributed by atoms with Gasteiger partial charge in [0, 0.05) is 11.0 Å². The first-order valence-electron chi connectivity index (χ1n) is 6.60. The highest BCUT2D eigenvalue weighted by Crippen LogP contribution is 2.22. The van der Waals surface area contributed by atoms with Crippen LogP contribution in [0.2, 0.25) is 0 Å². The Morgan fingerprint density at radius 1 is 1.38 bits per heavy atom. The number of aryl methyl sites for hydroxylation is 1. The molecule has 0 aliphatic heterocycles. The van der Waals surface area contributed by atoms with E-state index in [9.17, 15) is 4.79 Å². The van der Waals surface area contributed by atoms with Crippen molar-refractivity contribution in [1.82, 2.24) is 4.57 Å². The van der Waals surface area contributed by atoms with Crippen LogP contribution in [0.25, 0.3) is 10.2 Å². The summed E-state index contributed by atoms with van der Waals surface area (Å²) in [5.74, 6) is -0.166. The van der Waals surface area contributed by atoms with Crippen LogP contribution >= 0.6 is 38.6 Å². The van der Waals surface area contributed by atoms with Gasteiger partial charge in [-0.15, -0.1) is 11.3 Å². The largest absolute Gasteiger partial charge is 0.316 e. The maximum absolute atomic E-state index is 12.2. The second kappa shape index (κ2) is 6.25. The first kappa shape index (κ1) is 14.7. The molecule has 0 bridgehead atoms. The van der Waals surface area contributed by atoms with Crippen molar-refractivity contribution in [1.29, 1.82) is 0 Å². The van der Waals surface area contributed by atoms with Crippen LogP contribution in [0.3, 0.4) is 0 Å². The molecular weight excluding hydrogens is 368 g/mol. The molecule has 0 aliphatic rings. The SMILES string of the molecule is CCCn1c(=NC(=O)c2cccs2)sc2cc(Br)ccc21. The number of fused-ring (bicyclic) bond motifs is 1. The first-order valence-corrected chi connectivity index (χ1v) is 9.09. The Morgan fingerprint density at radius 3 is 2.95 bits per heavy atom. The van der Waals surface area contributed by atoms with Crippen LogP contribution in [0.1, 0.15) is 23.0 Å². The zero-order valence-corrected chi connectivity index (χ0v) is 14.6. The standard InChI is InChI=1S/C15H13BrN2OS2/c1-2-7-18-11-6-5-10(16)9-13(11)21-15(18)17-14(19)12-4-3-8-20-12/h3-6,8-9H,2,7H2,1H3. The van der Waals surface area contributed by atoms with Crippen molar-refractivity contribution in [3.05, 3.63) is 49.9 Å². The Morgan fingerprint density at radius 2 is 2.24 bits per heavy atom. The van der Waals surface area contributed by atoms with E-state index in [4.69, 9.17) is 0 Å². The van der Waals surface area contributed by atoms with E-state index in [1.54, 1.807) is 11.3 Å². The van der Waals surface area contributed by atoms with Crippen molar-refractivity contribution in [3.8, 4) is 0 Å². The average molecular weight is 381 g/mol. The molecule has 2 aromatic heterocycles. The fourth-order valence-corrected chi connectivity index (χ4v) is 4.33. The lowest BCUT2D eigenvalue weighted by atomic mass is 10.3. The maximum atomic E-state index is 12.2. The van der Waals surface area contributed by atoms with Crippen LogP contribution in [0.4, 0.5) is 0 Å². The molecule has 0 saturated carbocycles. The van der Waals surface area contributed by atoms with Gasteiger partial charge in [0.15, 0.2) is 4.80 Å². The summed E-state index contributed by atoms with van der Waals surface area (Å²) in [6, 6.07) is 9.84. The highest BCUT2D eigenvalue weighted by atomic mass is 79.9. The van der Waals surface area contributed by atoms with Crippen LogP contribution in [0.15, 0.2) is 45.2 Å². The molecule has 21 heavy (non-hydrogen) atoms. The van der Waals surface area contributed by atoms with Gasteiger partial charge in [0.1, 0.15) is 0 Å². The first-order chi connectivity index (χ1) is 10.2. The molecule has 3 nitrogen and oxygen atoms in total. The molecule has 0 N–H and O–H groups in total. The summed E-state index contributed by atoms with van der Waals surface area (Å²) in [7, 11) is 0. The number of halogens is 1. The van der Waals surface area contributed by atoms with E-state index >= 15 is 0 Å². The number of benzene rings is 1. The van der Waals surface area contributed by atoms with Crippen molar-refractivity contribution in [2.75, 3.05) is 0 Å². The van der Waals surface area contributed by atoms with E-state index < -0.39 is 0 Å². The summed E-state index contributed by atoms with van der Waals surface area (Å²) in [6.45, 7) is 2.98.